The molecule has 0 aromatic heterocycles. The largest absolute Gasteiger partial charge is 0.308 e. The van der Waals surface area contributed by atoms with Gasteiger partial charge in [-0.05, 0) is 38.2 Å². The summed E-state index contributed by atoms with van der Waals surface area (Å²) in [5.74, 6) is 1.05. The molecule has 68 valence electrons. The highest BCUT2D eigenvalue weighted by Crippen LogP contribution is 2.34. The van der Waals surface area contributed by atoms with Gasteiger partial charge < -0.3 is 5.41 Å². The van der Waals surface area contributed by atoms with Gasteiger partial charge in [-0.1, -0.05) is 24.8 Å². The molecule has 0 heterocycles. The number of nitrogens with one attached hydrogen (secondary N) is 1. The molecule has 1 nitrogen and oxygen atoms in total. The highest BCUT2D eigenvalue weighted by molar-refractivity contribution is 5.75. The molecule has 1 saturated carbocycles. The zero-order chi connectivity index (χ0) is 8.97. The first-order valence-electron chi connectivity index (χ1n) is 4.91. The highest BCUT2D eigenvalue weighted by atomic mass is 14.3. The first kappa shape index (κ1) is 9.50. The molecule has 0 unspecified atom stereocenters. The molecule has 0 aromatic carbocycles. The van der Waals surface area contributed by atoms with Gasteiger partial charge in [-0.3, -0.25) is 0 Å². The van der Waals surface area contributed by atoms with E-state index in [1.165, 1.54) is 43.9 Å². The molecule has 0 spiro atoms. The van der Waals surface area contributed by atoms with Crippen molar-refractivity contribution in [3.05, 3.63) is 11.1 Å². The third kappa shape index (κ3) is 3.21. The monoisotopic (exact) mass is 165 g/mol. The molecule has 0 aromatic rings. The van der Waals surface area contributed by atoms with Gasteiger partial charge in [-0.25, -0.2) is 0 Å². The average Bonchev–Trinajstić information content (AvgIpc) is 2.86. The number of hydrogen-bond donors (Lipinski definition) is 1. The van der Waals surface area contributed by atoms with Gasteiger partial charge >= 0.3 is 0 Å². The molecule has 0 bridgehead atoms. The first-order chi connectivity index (χ1) is 5.74. The lowest BCUT2D eigenvalue weighted by Gasteiger charge is -2.02. The Balaban J connectivity index is 2.15. The second-order valence-corrected chi connectivity index (χ2v) is 3.94. The zero-order valence-electron chi connectivity index (χ0n) is 8.19. The fourth-order valence-corrected chi connectivity index (χ4v) is 1.38. The van der Waals surface area contributed by atoms with E-state index in [0.29, 0.717) is 0 Å². The van der Waals surface area contributed by atoms with Crippen LogP contribution < -0.4 is 0 Å². The van der Waals surface area contributed by atoms with Crippen LogP contribution in [0.5, 0.6) is 0 Å². The van der Waals surface area contributed by atoms with Crippen LogP contribution in [0.4, 0.5) is 0 Å². The maximum Gasteiger partial charge on any atom is 0.0206 e. The molecule has 1 aliphatic rings. The van der Waals surface area contributed by atoms with Crippen LogP contribution in [0, 0.1) is 11.3 Å². The minimum Gasteiger partial charge on any atom is -0.308 e. The fraction of sp³-hybridized carbons (Fsp3) is 0.727. The van der Waals surface area contributed by atoms with Gasteiger partial charge in [0.25, 0.3) is 0 Å². The van der Waals surface area contributed by atoms with Gasteiger partial charge in [0.15, 0.2) is 0 Å². The fourth-order valence-electron chi connectivity index (χ4n) is 1.38. The predicted molar refractivity (Wildman–Crippen MR) is 53.7 cm³/mol. The first-order valence-corrected chi connectivity index (χ1v) is 4.91. The van der Waals surface area contributed by atoms with Crippen LogP contribution in [0.25, 0.3) is 0 Å². The van der Waals surface area contributed by atoms with Crippen molar-refractivity contribution >= 4 is 6.21 Å². The van der Waals surface area contributed by atoms with Crippen LogP contribution >= 0.6 is 0 Å². The van der Waals surface area contributed by atoms with Crippen LogP contribution in [0.1, 0.15) is 46.0 Å². The van der Waals surface area contributed by atoms with Gasteiger partial charge in [-0.15, -0.1) is 0 Å². The Morgan fingerprint density at radius 1 is 1.42 bits per heavy atom. The molecule has 0 saturated heterocycles. The van der Waals surface area contributed by atoms with Gasteiger partial charge in [-0.2, -0.15) is 0 Å². The molecule has 12 heavy (non-hydrogen) atoms. The van der Waals surface area contributed by atoms with E-state index in [0.717, 1.165) is 11.5 Å². The number of hydrogen-bond acceptors (Lipinski definition) is 1. The lowest BCUT2D eigenvalue weighted by molar-refractivity contribution is 0.662. The van der Waals surface area contributed by atoms with Gasteiger partial charge in [0.1, 0.15) is 0 Å². The SMILES string of the molecule is C/C(C=N)=C(/C)CCCC1CC1. The molecule has 1 N–H and O–H groups in total. The normalized spacial score (nSPS) is 18.8. The molecular formula is C11H19N. The summed E-state index contributed by atoms with van der Waals surface area (Å²) < 4.78 is 0. The lowest BCUT2D eigenvalue weighted by atomic mass is 10.0. The van der Waals surface area contributed by atoms with Crippen molar-refractivity contribution in [2.75, 3.05) is 0 Å². The maximum atomic E-state index is 7.09. The standard InChI is InChI=1S/C11H19N/c1-9(10(2)8-12)4-3-5-11-6-7-11/h8,11-12H,3-7H2,1-2H3/b10-9+,12-8?. The van der Waals surface area contributed by atoms with Crippen molar-refractivity contribution in [3.8, 4) is 0 Å². The van der Waals surface area contributed by atoms with Crippen molar-refractivity contribution in [2.24, 2.45) is 5.92 Å². The minimum absolute atomic E-state index is 1.05. The van der Waals surface area contributed by atoms with Crippen LogP contribution in [-0.4, -0.2) is 6.21 Å². The van der Waals surface area contributed by atoms with E-state index in [9.17, 15) is 0 Å². The summed E-state index contributed by atoms with van der Waals surface area (Å²) in [6, 6.07) is 0. The van der Waals surface area contributed by atoms with Gasteiger partial charge in [0.05, 0.1) is 0 Å². The molecule has 0 aliphatic heterocycles. The Hall–Kier alpha value is -0.590. The summed E-state index contributed by atoms with van der Waals surface area (Å²) in [4.78, 5) is 0. The van der Waals surface area contributed by atoms with Crippen molar-refractivity contribution in [1.82, 2.24) is 0 Å². The number of rotatable bonds is 5. The molecule has 1 rings (SSSR count). The molecule has 1 aliphatic carbocycles. The summed E-state index contributed by atoms with van der Waals surface area (Å²) in [7, 11) is 0. The van der Waals surface area contributed by atoms with Crippen LogP contribution in [0.3, 0.4) is 0 Å². The quantitative estimate of drug-likeness (QED) is 0.602. The summed E-state index contributed by atoms with van der Waals surface area (Å²) in [5.41, 5.74) is 2.54. The third-order valence-corrected chi connectivity index (χ3v) is 2.75. The van der Waals surface area contributed by atoms with Crippen molar-refractivity contribution in [1.29, 1.82) is 5.41 Å². The van der Waals surface area contributed by atoms with Gasteiger partial charge in [0.2, 0.25) is 0 Å². The van der Waals surface area contributed by atoms with Crippen LogP contribution in [0.15, 0.2) is 11.1 Å². The summed E-state index contributed by atoms with van der Waals surface area (Å²) >= 11 is 0. The van der Waals surface area contributed by atoms with E-state index in [1.54, 1.807) is 0 Å². The summed E-state index contributed by atoms with van der Waals surface area (Å²) in [5, 5.41) is 7.09. The molecule has 1 fully saturated rings. The van der Waals surface area contributed by atoms with Gasteiger partial charge in [0, 0.05) is 6.21 Å². The van der Waals surface area contributed by atoms with E-state index in [-0.39, 0.29) is 0 Å². The summed E-state index contributed by atoms with van der Waals surface area (Å²) in [6.07, 6.45) is 8.31. The van der Waals surface area contributed by atoms with E-state index >= 15 is 0 Å². The average molecular weight is 165 g/mol. The van der Waals surface area contributed by atoms with Crippen molar-refractivity contribution in [2.45, 2.75) is 46.0 Å². The smallest absolute Gasteiger partial charge is 0.0206 e. The second kappa shape index (κ2) is 4.44. The highest BCUT2D eigenvalue weighted by Gasteiger charge is 2.19. The lowest BCUT2D eigenvalue weighted by Crippen LogP contribution is -1.86. The van der Waals surface area contributed by atoms with E-state index < -0.39 is 0 Å². The Labute approximate surface area is 75.4 Å². The number of allylic oxidation sites excluding steroid dienone is 2. The Morgan fingerprint density at radius 2 is 2.08 bits per heavy atom. The summed E-state index contributed by atoms with van der Waals surface area (Å²) in [6.45, 7) is 4.17. The maximum absolute atomic E-state index is 7.09. The molecule has 0 amide bonds. The predicted octanol–water partition coefficient (Wildman–Crippen LogP) is 3.55. The van der Waals surface area contributed by atoms with E-state index in [2.05, 4.69) is 6.92 Å². The Morgan fingerprint density at radius 3 is 2.58 bits per heavy atom. The van der Waals surface area contributed by atoms with Crippen molar-refractivity contribution in [3.63, 3.8) is 0 Å². The zero-order valence-corrected chi connectivity index (χ0v) is 8.19. The van der Waals surface area contributed by atoms with E-state index in [1.807, 2.05) is 6.92 Å². The Kier molecular flexibility index (Phi) is 3.51. The van der Waals surface area contributed by atoms with Crippen LogP contribution in [0.2, 0.25) is 0 Å². The van der Waals surface area contributed by atoms with E-state index in [4.69, 9.17) is 5.41 Å². The topological polar surface area (TPSA) is 23.9 Å². The Bertz CT molecular complexity index is 187. The molecule has 0 atom stereocenters. The molecular weight excluding hydrogens is 146 g/mol. The second-order valence-electron chi connectivity index (χ2n) is 3.94. The minimum atomic E-state index is 1.05. The van der Waals surface area contributed by atoms with Crippen molar-refractivity contribution < 1.29 is 0 Å². The van der Waals surface area contributed by atoms with Crippen LogP contribution in [-0.2, 0) is 0 Å². The molecule has 0 radical (unpaired) electrons. The third-order valence-electron chi connectivity index (χ3n) is 2.75. The molecule has 1 heteroatoms.